The number of aromatic hydroxyl groups is 1. The number of rotatable bonds is 45. The first kappa shape index (κ1) is 87.8. The number of alkyl halides is 6. The van der Waals surface area contributed by atoms with Gasteiger partial charge in [0.1, 0.15) is 59.8 Å². The number of carbonyl (C=O) groups is 17. The van der Waals surface area contributed by atoms with Gasteiger partial charge < -0.3 is 106 Å². The number of hydrogen-bond donors (Lipinski definition) is 21. The minimum atomic E-state index is -5.40. The number of nitrogens with zero attached hydrogens (tertiary/aromatic N) is 2. The van der Waals surface area contributed by atoms with Crippen LogP contribution in [0.15, 0.2) is 48.7 Å². The summed E-state index contributed by atoms with van der Waals surface area (Å²) in [5.41, 5.74) is 5.07. The van der Waals surface area contributed by atoms with E-state index in [-0.39, 0.29) is 67.9 Å². The molecule has 1 aromatic heterocycles. The highest BCUT2D eigenvalue weighted by atomic mass is 19.4. The minimum Gasteiger partial charge on any atom is -0.508 e. The quantitative estimate of drug-likeness (QED) is 0.0144. The summed E-state index contributed by atoms with van der Waals surface area (Å²) >= 11 is 0. The molecule has 3 aromatic rings. The van der Waals surface area contributed by atoms with Gasteiger partial charge in [0.25, 0.3) is 0 Å². The number of amides is 11. The van der Waals surface area contributed by atoms with Crippen LogP contribution in [-0.2, 0) is 100 Å². The molecule has 0 aliphatic carbocycles. The standard InChI is InChI=1S/C60H74F6N16O24/c61-59(62,63)31-16-28(41-23-72-82-81-41)17-32(60(64,65)66)30(31)11-12-42(84)69-24-43(85)70-25-44(86)71-26-45(87)73-36(18-46(88)89)53(100)76-35(15-27-7-9-29(83)10-8-27)52(99)74-33(5-1-3-13-67)51(98)77-38(20-48(92)93)55(102)79-40(22-50(96)97)57(104)80-39(21-49(94)95)56(103)78-37(19-47(90)91)54(101)75-34(58(105)106)6-2-4-14-68/h7-12,16-17,23,33-40,83H,1-6,13-15,18-22,24-26,67-68H2,(H,69,84)(H,70,85)(H,71,86)(H,73,87)(H,74,99)(H,75,101)(H,76,100)(H,77,98)(H,78,103)(H,79,102)(H,80,104)(H,88,89)(H,90,91)(H,92,93)(H,94,95)(H,96,97)(H,105,106)(H,72,81,82)/b12-11+/t33-,34-,35-,36-,37-,38-,39-,40-/m0/s1. The van der Waals surface area contributed by atoms with Crippen molar-refractivity contribution in [3.05, 3.63) is 70.9 Å². The summed E-state index contributed by atoms with van der Waals surface area (Å²) in [6.45, 7) is -2.99. The number of hydrogen-bond acceptors (Lipinski definition) is 22. The largest absolute Gasteiger partial charge is 0.508 e. The molecule has 40 nitrogen and oxygen atoms in total. The third kappa shape index (κ3) is 31.5. The molecule has 0 fully saturated rings. The Morgan fingerprint density at radius 2 is 0.802 bits per heavy atom. The molecule has 2 aromatic carbocycles. The van der Waals surface area contributed by atoms with Crippen molar-refractivity contribution in [2.45, 2.75) is 138 Å². The smallest absolute Gasteiger partial charge is 0.417 e. The van der Waals surface area contributed by atoms with Gasteiger partial charge in [-0.2, -0.15) is 26.3 Å². The first-order chi connectivity index (χ1) is 49.6. The summed E-state index contributed by atoms with van der Waals surface area (Å²) in [4.78, 5) is 219. The van der Waals surface area contributed by atoms with Crippen LogP contribution in [0.4, 0.5) is 26.3 Å². The minimum absolute atomic E-state index is 0.0373. The van der Waals surface area contributed by atoms with E-state index in [1.54, 1.807) is 0 Å². The normalized spacial score (nSPS) is 13.5. The van der Waals surface area contributed by atoms with Gasteiger partial charge in [-0.3, -0.25) is 81.8 Å². The zero-order chi connectivity index (χ0) is 79.8. The van der Waals surface area contributed by atoms with E-state index in [1.165, 1.54) is 12.1 Å². The van der Waals surface area contributed by atoms with Crippen molar-refractivity contribution < 1.29 is 144 Å². The van der Waals surface area contributed by atoms with Crippen LogP contribution in [0.1, 0.15) is 92.9 Å². The number of unbranched alkanes of at least 4 members (excludes halogenated alkanes) is 2. The molecule has 0 spiro atoms. The van der Waals surface area contributed by atoms with Gasteiger partial charge in [0.15, 0.2) is 0 Å². The van der Waals surface area contributed by atoms with E-state index >= 15 is 0 Å². The number of nitrogens with one attached hydrogen (secondary N) is 12. The zero-order valence-corrected chi connectivity index (χ0v) is 55.2. The molecule has 11 amide bonds. The molecule has 580 valence electrons. The maximum atomic E-state index is 14.3. The lowest BCUT2D eigenvalue weighted by Gasteiger charge is -2.27. The lowest BCUT2D eigenvalue weighted by atomic mass is 9.95. The number of halogens is 6. The van der Waals surface area contributed by atoms with E-state index in [9.17, 15) is 144 Å². The van der Waals surface area contributed by atoms with Gasteiger partial charge in [-0.15, -0.1) is 5.10 Å². The topological polar surface area (TPSA) is 658 Å². The molecule has 0 bridgehead atoms. The first-order valence-corrected chi connectivity index (χ1v) is 31.2. The number of aliphatic carboxylic acids is 6. The van der Waals surface area contributed by atoms with Crippen LogP contribution in [0, 0.1) is 0 Å². The number of carboxylic acids is 6. The van der Waals surface area contributed by atoms with E-state index < -0.39 is 248 Å². The first-order valence-electron chi connectivity index (χ1n) is 31.2. The summed E-state index contributed by atoms with van der Waals surface area (Å²) < 4.78 is 84.4. The monoisotopic (exact) mass is 1520 g/mol. The number of carboxylic acid groups (broad SMARTS) is 6. The lowest BCUT2D eigenvalue weighted by molar-refractivity contribution is -0.145. The highest BCUT2D eigenvalue weighted by Crippen LogP contribution is 2.42. The van der Waals surface area contributed by atoms with Crippen LogP contribution >= 0.6 is 0 Å². The van der Waals surface area contributed by atoms with Gasteiger partial charge in [-0.25, -0.2) is 4.79 Å². The molecule has 0 saturated heterocycles. The average Bonchev–Trinajstić information content (AvgIpc) is 1.04. The summed E-state index contributed by atoms with van der Waals surface area (Å²) in [5.74, 6) is -26.6. The Morgan fingerprint density at radius 1 is 0.453 bits per heavy atom. The Labute approximate surface area is 592 Å². The Kier molecular flexibility index (Phi) is 35.0. The van der Waals surface area contributed by atoms with Crippen molar-refractivity contribution in [2.75, 3.05) is 32.7 Å². The van der Waals surface area contributed by atoms with Crippen molar-refractivity contribution in [1.82, 2.24) is 73.9 Å². The summed E-state index contributed by atoms with van der Waals surface area (Å²) in [7, 11) is 0. The fourth-order valence-electron chi connectivity index (χ4n) is 9.32. The highest BCUT2D eigenvalue weighted by molar-refractivity contribution is 6.01. The van der Waals surface area contributed by atoms with E-state index in [0.717, 1.165) is 18.3 Å². The average molecular weight is 1520 g/mol. The van der Waals surface area contributed by atoms with Crippen molar-refractivity contribution in [3.63, 3.8) is 0 Å². The molecule has 106 heavy (non-hydrogen) atoms. The molecule has 23 N–H and O–H groups in total. The second-order valence-corrected chi connectivity index (χ2v) is 22.8. The predicted molar refractivity (Wildman–Crippen MR) is 342 cm³/mol. The molecule has 0 radical (unpaired) electrons. The van der Waals surface area contributed by atoms with Crippen molar-refractivity contribution in [3.8, 4) is 17.0 Å². The van der Waals surface area contributed by atoms with Crippen LogP contribution in [0.25, 0.3) is 17.3 Å². The van der Waals surface area contributed by atoms with Crippen molar-refractivity contribution in [2.24, 2.45) is 11.5 Å². The third-order valence-electron chi connectivity index (χ3n) is 14.4. The van der Waals surface area contributed by atoms with Crippen LogP contribution in [0.2, 0.25) is 0 Å². The molecule has 0 aliphatic heterocycles. The van der Waals surface area contributed by atoms with Crippen LogP contribution in [0.5, 0.6) is 5.75 Å². The van der Waals surface area contributed by atoms with Crippen LogP contribution in [0.3, 0.4) is 0 Å². The van der Waals surface area contributed by atoms with Gasteiger partial charge in [0.2, 0.25) is 65.0 Å². The van der Waals surface area contributed by atoms with Gasteiger partial charge in [-0.05, 0) is 93.1 Å². The number of H-pyrrole nitrogens is 1. The number of aromatic amines is 1. The lowest BCUT2D eigenvalue weighted by Crippen LogP contribution is -2.61. The van der Waals surface area contributed by atoms with Gasteiger partial charge >= 0.3 is 48.2 Å². The van der Waals surface area contributed by atoms with E-state index in [2.05, 4.69) is 26.0 Å². The van der Waals surface area contributed by atoms with Crippen LogP contribution in [-0.4, -0.2) is 233 Å². The summed E-state index contributed by atoms with van der Waals surface area (Å²) in [5, 5.41) is 98.7. The SMILES string of the molecule is NCCCC[C@H](NC(=O)[C@H](CC(=O)O)NC(=O)[C@H](CC(=O)O)NC(=O)[C@H](CC(=O)O)NC(=O)[C@H](CC(=O)O)NC(=O)[C@H](CCCCN)NC(=O)[C@H](Cc1ccc(O)cc1)NC(=O)[C@H](CC(=O)O)NC(=O)CNC(=O)CNC(=O)CNC(=O)/C=C/c1c(C(F)(F)F)cc(-c2c[nH]nn2)cc1C(F)(F)F)C(=O)O. The maximum absolute atomic E-state index is 14.3. The Bertz CT molecular complexity index is 3700. The number of benzene rings is 2. The number of phenols is 1. The molecule has 8 atom stereocenters. The molecular weight excluding hydrogens is 1440 g/mol. The van der Waals surface area contributed by atoms with Crippen LogP contribution < -0.4 is 70.0 Å². The van der Waals surface area contributed by atoms with Gasteiger partial charge in [0, 0.05) is 24.3 Å². The molecule has 46 heteroatoms. The predicted octanol–water partition coefficient (Wildman–Crippen LogP) is -4.59. The Morgan fingerprint density at radius 3 is 1.18 bits per heavy atom. The fraction of sp³-hybridized carbons (Fsp3) is 0.450. The van der Waals surface area contributed by atoms with Gasteiger partial charge in [0.05, 0.1) is 62.9 Å². The van der Waals surface area contributed by atoms with E-state index in [4.69, 9.17) is 11.5 Å². The fourth-order valence-corrected chi connectivity index (χ4v) is 9.32. The number of phenolic OH excluding ortho intramolecular Hbond substituents is 1. The molecular formula is C60H74F6N16O24. The maximum Gasteiger partial charge on any atom is 0.417 e. The Hall–Kier alpha value is -12.4. The highest BCUT2D eigenvalue weighted by Gasteiger charge is 2.42. The number of aromatic nitrogens is 3. The van der Waals surface area contributed by atoms with Crippen molar-refractivity contribution >= 4 is 107 Å². The molecule has 3 rings (SSSR count). The summed E-state index contributed by atoms with van der Waals surface area (Å²) in [6.07, 6.45) is -16.8. The van der Waals surface area contributed by atoms with E-state index in [0.29, 0.717) is 18.6 Å². The summed E-state index contributed by atoms with van der Waals surface area (Å²) in [6, 6.07) is -11.3. The Balaban J connectivity index is 1.81. The molecule has 0 unspecified atom stereocenters. The molecule has 1 heterocycles. The third-order valence-corrected chi connectivity index (χ3v) is 14.4. The molecule has 0 saturated carbocycles. The van der Waals surface area contributed by atoms with Gasteiger partial charge in [-0.1, -0.05) is 17.3 Å². The number of carbonyl (C=O) groups excluding carboxylic acids is 11. The zero-order valence-electron chi connectivity index (χ0n) is 55.2. The van der Waals surface area contributed by atoms with Crippen molar-refractivity contribution in [1.29, 1.82) is 0 Å². The second kappa shape index (κ2) is 42.3. The molecule has 0 aliphatic rings. The second-order valence-electron chi connectivity index (χ2n) is 22.8. The number of nitrogens with two attached hydrogens (primary N) is 2. The van der Waals surface area contributed by atoms with E-state index in [1.807, 2.05) is 47.9 Å².